The predicted molar refractivity (Wildman–Crippen MR) is 34.1 cm³/mol. The van der Waals surface area contributed by atoms with Crippen molar-refractivity contribution in [2.24, 2.45) is 0 Å². The van der Waals surface area contributed by atoms with Gasteiger partial charge in [-0.1, -0.05) is 0 Å². The molecule has 0 heterocycles. The van der Waals surface area contributed by atoms with Gasteiger partial charge in [0.15, 0.2) is 0 Å². The van der Waals surface area contributed by atoms with Gasteiger partial charge in [-0.05, 0) is 20.8 Å². The lowest BCUT2D eigenvalue weighted by atomic mass is 10.2. The summed E-state index contributed by atoms with van der Waals surface area (Å²) in [4.78, 5) is 0. The molecule has 9 heavy (non-hydrogen) atoms. The van der Waals surface area contributed by atoms with Crippen LogP contribution in [0.3, 0.4) is 0 Å². The Morgan fingerprint density at radius 3 is 1.78 bits per heavy atom. The van der Waals surface area contributed by atoms with Crippen LogP contribution in [0.25, 0.3) is 0 Å². The van der Waals surface area contributed by atoms with Crippen LogP contribution >= 0.6 is 0 Å². The van der Waals surface area contributed by atoms with Crippen molar-refractivity contribution >= 4 is 11.4 Å². The van der Waals surface area contributed by atoms with Gasteiger partial charge in [0.25, 0.3) is 0 Å². The smallest absolute Gasteiger partial charge is 0.284 e. The topological polar surface area (TPSA) is 46.5 Å². The minimum atomic E-state index is -2.14. The van der Waals surface area contributed by atoms with Crippen LogP contribution in [-0.2, 0) is 15.5 Å². The van der Waals surface area contributed by atoms with Crippen LogP contribution in [0.15, 0.2) is 0 Å². The second-order valence-corrected chi connectivity index (χ2v) is 3.01. The van der Waals surface area contributed by atoms with Crippen LogP contribution in [0.1, 0.15) is 20.8 Å². The first kappa shape index (κ1) is 11.8. The zero-order chi connectivity index (χ0) is 6.78. The molecular formula is C4H11FO3S. The highest BCUT2D eigenvalue weighted by molar-refractivity contribution is 7.74. The van der Waals surface area contributed by atoms with Gasteiger partial charge in [-0.2, -0.15) is 4.21 Å². The van der Waals surface area contributed by atoms with E-state index in [-0.39, 0.29) is 4.70 Å². The van der Waals surface area contributed by atoms with E-state index in [1.165, 1.54) is 0 Å². The first-order valence-corrected chi connectivity index (χ1v) is 3.25. The van der Waals surface area contributed by atoms with Crippen molar-refractivity contribution < 1.29 is 17.6 Å². The molecule has 0 saturated heterocycles. The molecule has 0 aliphatic heterocycles. The Morgan fingerprint density at radius 2 is 1.78 bits per heavy atom. The molecule has 0 aliphatic carbocycles. The summed E-state index contributed by atoms with van der Waals surface area (Å²) in [7, 11) is 0. The summed E-state index contributed by atoms with van der Waals surface area (Å²) in [5.74, 6) is 0. The van der Waals surface area contributed by atoms with Crippen molar-refractivity contribution in [1.29, 1.82) is 0 Å². The van der Waals surface area contributed by atoms with E-state index in [2.05, 4.69) is 4.18 Å². The highest BCUT2D eigenvalue weighted by Gasteiger charge is 2.12. The van der Waals surface area contributed by atoms with Gasteiger partial charge < -0.3 is 0 Å². The molecule has 58 valence electrons. The van der Waals surface area contributed by atoms with Gasteiger partial charge in [-0.15, -0.1) is 0 Å². The first-order chi connectivity index (χ1) is 3.42. The third kappa shape index (κ3) is 11.5. The maximum absolute atomic E-state index is 9.90. The van der Waals surface area contributed by atoms with Crippen molar-refractivity contribution in [3.05, 3.63) is 0 Å². The minimum absolute atomic E-state index is 0. The Labute approximate surface area is 56.3 Å². The molecule has 0 amide bonds. The van der Waals surface area contributed by atoms with Gasteiger partial charge in [0, 0.05) is 0 Å². The van der Waals surface area contributed by atoms with Crippen LogP contribution in [0.5, 0.6) is 0 Å². The summed E-state index contributed by atoms with van der Waals surface area (Å²) in [6.45, 7) is 5.13. The zero-order valence-electron chi connectivity index (χ0n) is 5.58. The van der Waals surface area contributed by atoms with E-state index in [0.717, 1.165) is 0 Å². The third-order valence-electron chi connectivity index (χ3n) is 0.321. The fourth-order valence-electron chi connectivity index (χ4n) is 0.214. The average Bonchev–Trinajstić information content (AvgIpc) is 1.21. The van der Waals surface area contributed by atoms with Crippen molar-refractivity contribution in [2.45, 2.75) is 26.4 Å². The normalized spacial score (nSPS) is 14.2. The highest BCUT2D eigenvalue weighted by atomic mass is 32.2. The molecular weight excluding hydrogens is 147 g/mol. The standard InChI is InChI=1S/C4H10O3S.FH/c1-4(2,3)7-8(5)6;/h1-3H3,(H,5,6);1H. The number of hydrogen-bond donors (Lipinski definition) is 1. The first-order valence-electron chi connectivity index (χ1n) is 2.22. The molecule has 0 saturated carbocycles. The molecule has 0 spiro atoms. The SMILES string of the molecule is CC(C)(C)OS(=O)O.F. The van der Waals surface area contributed by atoms with E-state index in [1.54, 1.807) is 20.8 Å². The molecule has 0 aromatic rings. The van der Waals surface area contributed by atoms with Gasteiger partial charge in [0.1, 0.15) is 0 Å². The van der Waals surface area contributed by atoms with E-state index in [4.69, 9.17) is 4.55 Å². The quantitative estimate of drug-likeness (QED) is 0.581. The summed E-state index contributed by atoms with van der Waals surface area (Å²) < 4.78 is 22.5. The van der Waals surface area contributed by atoms with E-state index in [9.17, 15) is 4.21 Å². The Balaban J connectivity index is 0. The van der Waals surface area contributed by atoms with Crippen LogP contribution in [-0.4, -0.2) is 14.4 Å². The van der Waals surface area contributed by atoms with E-state index >= 15 is 0 Å². The van der Waals surface area contributed by atoms with Gasteiger partial charge in [0.2, 0.25) is 0 Å². The number of halogens is 1. The fraction of sp³-hybridized carbons (Fsp3) is 1.00. The van der Waals surface area contributed by atoms with Gasteiger partial charge in [-0.3, -0.25) is 13.4 Å². The highest BCUT2D eigenvalue weighted by Crippen LogP contribution is 2.06. The maximum atomic E-state index is 9.90. The summed E-state index contributed by atoms with van der Waals surface area (Å²) in [6.07, 6.45) is 0. The van der Waals surface area contributed by atoms with E-state index in [1.807, 2.05) is 0 Å². The molecule has 0 aliphatic rings. The van der Waals surface area contributed by atoms with E-state index in [0.29, 0.717) is 0 Å². The Kier molecular flexibility index (Phi) is 5.12. The van der Waals surface area contributed by atoms with Crippen molar-refractivity contribution in [2.75, 3.05) is 0 Å². The zero-order valence-corrected chi connectivity index (χ0v) is 6.40. The average molecular weight is 158 g/mol. The molecule has 0 aromatic carbocycles. The maximum Gasteiger partial charge on any atom is 0.302 e. The second kappa shape index (κ2) is 3.92. The molecule has 0 aromatic heterocycles. The third-order valence-corrected chi connectivity index (χ3v) is 0.964. The Morgan fingerprint density at radius 1 is 1.44 bits per heavy atom. The Hall–Kier alpha value is -0.0000000000000000278. The summed E-state index contributed by atoms with van der Waals surface area (Å²) in [6, 6.07) is 0. The van der Waals surface area contributed by atoms with Gasteiger partial charge in [0.05, 0.1) is 5.60 Å². The van der Waals surface area contributed by atoms with E-state index < -0.39 is 17.0 Å². The minimum Gasteiger partial charge on any atom is -0.284 e. The Bertz CT molecular complexity index is 98.5. The number of rotatable bonds is 1. The summed E-state index contributed by atoms with van der Waals surface area (Å²) in [5, 5.41) is 0. The lowest BCUT2D eigenvalue weighted by molar-refractivity contribution is 0.136. The second-order valence-electron chi connectivity index (χ2n) is 2.41. The largest absolute Gasteiger partial charge is 0.302 e. The monoisotopic (exact) mass is 158 g/mol. The van der Waals surface area contributed by atoms with Gasteiger partial charge in [-0.25, -0.2) is 0 Å². The van der Waals surface area contributed by atoms with Crippen LogP contribution in [0, 0.1) is 0 Å². The molecule has 0 fully saturated rings. The van der Waals surface area contributed by atoms with Crippen LogP contribution < -0.4 is 0 Å². The van der Waals surface area contributed by atoms with Crippen LogP contribution in [0.4, 0.5) is 4.70 Å². The predicted octanol–water partition coefficient (Wildman–Crippen LogP) is 1.09. The molecule has 5 heteroatoms. The number of hydrogen-bond acceptors (Lipinski definition) is 2. The molecule has 0 rings (SSSR count). The summed E-state index contributed by atoms with van der Waals surface area (Å²) >= 11 is -2.14. The lowest BCUT2D eigenvalue weighted by Gasteiger charge is -2.14. The van der Waals surface area contributed by atoms with Crippen LogP contribution in [0.2, 0.25) is 0 Å². The van der Waals surface area contributed by atoms with Crippen molar-refractivity contribution in [1.82, 2.24) is 0 Å². The molecule has 1 N–H and O–H groups in total. The van der Waals surface area contributed by atoms with Crippen molar-refractivity contribution in [3.8, 4) is 0 Å². The fourth-order valence-corrected chi connectivity index (χ4v) is 0.642. The lowest BCUT2D eigenvalue weighted by Crippen LogP contribution is -2.19. The molecule has 0 radical (unpaired) electrons. The van der Waals surface area contributed by atoms with Crippen molar-refractivity contribution in [3.63, 3.8) is 0 Å². The molecule has 3 nitrogen and oxygen atoms in total. The molecule has 0 bridgehead atoms. The summed E-state index contributed by atoms with van der Waals surface area (Å²) in [5.41, 5.74) is -0.528. The molecule has 1 unspecified atom stereocenters. The van der Waals surface area contributed by atoms with Gasteiger partial charge >= 0.3 is 11.4 Å². The molecule has 1 atom stereocenters.